The van der Waals surface area contributed by atoms with E-state index in [9.17, 15) is 0 Å². The van der Waals surface area contributed by atoms with E-state index < -0.39 is 0 Å². The van der Waals surface area contributed by atoms with E-state index >= 15 is 0 Å². The minimum absolute atomic E-state index is 0.660. The lowest BCUT2D eigenvalue weighted by Gasteiger charge is -2.14. The first kappa shape index (κ1) is 13.8. The summed E-state index contributed by atoms with van der Waals surface area (Å²) in [5.74, 6) is 0.660. The maximum Gasteiger partial charge on any atom is 0.244 e. The predicted octanol–water partition coefficient (Wildman–Crippen LogP) is 2.02. The molecule has 1 unspecified atom stereocenters. The summed E-state index contributed by atoms with van der Waals surface area (Å²) in [6.45, 7) is 5.42. The Morgan fingerprint density at radius 2 is 1.95 bits per heavy atom. The molecule has 0 fully saturated rings. The number of nitrogens with zero attached hydrogens (tertiary/aromatic N) is 3. The van der Waals surface area contributed by atoms with E-state index in [-0.39, 0.29) is 0 Å². The molecule has 0 spiro atoms. The van der Waals surface area contributed by atoms with Crippen LogP contribution in [-0.2, 0) is 13.1 Å². The minimum atomic E-state index is 0.660. The van der Waals surface area contributed by atoms with Crippen LogP contribution >= 0.6 is 0 Å². The molecule has 1 atom stereocenters. The van der Waals surface area contributed by atoms with Crippen LogP contribution < -0.4 is 4.57 Å². The van der Waals surface area contributed by atoms with E-state index in [1.807, 2.05) is 0 Å². The zero-order valence-electron chi connectivity index (χ0n) is 12.2. The molecular weight excluding hydrogens is 234 g/mol. The zero-order valence-corrected chi connectivity index (χ0v) is 12.2. The molecule has 19 heavy (non-hydrogen) atoms. The largest absolute Gasteiger partial charge is 0.309 e. The number of hydrogen-bond acceptors (Lipinski definition) is 1. The van der Waals surface area contributed by atoms with Gasteiger partial charge in [0.1, 0.15) is 18.9 Å². The van der Waals surface area contributed by atoms with Crippen molar-refractivity contribution in [1.82, 2.24) is 9.47 Å². The molecule has 0 aliphatic carbocycles. The lowest BCUT2D eigenvalue weighted by molar-refractivity contribution is -0.687. The van der Waals surface area contributed by atoms with Crippen molar-refractivity contribution in [2.24, 2.45) is 5.92 Å². The van der Waals surface area contributed by atoms with Crippen LogP contribution in [0, 0.1) is 5.92 Å². The molecule has 2 aromatic rings. The van der Waals surface area contributed by atoms with Gasteiger partial charge in [-0.25, -0.2) is 9.13 Å². The maximum absolute atomic E-state index is 2.29. The average Bonchev–Trinajstić information content (AvgIpc) is 2.76. The van der Waals surface area contributed by atoms with Crippen molar-refractivity contribution in [2.45, 2.75) is 20.0 Å². The van der Waals surface area contributed by atoms with Gasteiger partial charge in [-0.3, -0.25) is 0 Å². The highest BCUT2D eigenvalue weighted by Crippen LogP contribution is 2.02. The van der Waals surface area contributed by atoms with E-state index in [1.54, 1.807) is 0 Å². The molecule has 0 amide bonds. The van der Waals surface area contributed by atoms with Crippen LogP contribution in [0.15, 0.2) is 49.1 Å². The van der Waals surface area contributed by atoms with Gasteiger partial charge in [0, 0.05) is 12.5 Å². The van der Waals surface area contributed by atoms with E-state index in [2.05, 4.69) is 84.1 Å². The molecule has 1 aromatic carbocycles. The number of imidazole rings is 1. The summed E-state index contributed by atoms with van der Waals surface area (Å²) < 4.78 is 4.51. The first-order valence-corrected chi connectivity index (χ1v) is 6.87. The lowest BCUT2D eigenvalue weighted by Crippen LogP contribution is -2.32. The summed E-state index contributed by atoms with van der Waals surface area (Å²) in [7, 11) is 4.25. The van der Waals surface area contributed by atoms with E-state index in [0.29, 0.717) is 5.92 Å². The van der Waals surface area contributed by atoms with Crippen molar-refractivity contribution in [3.05, 3.63) is 54.6 Å². The molecule has 1 heterocycles. The van der Waals surface area contributed by atoms with Gasteiger partial charge in [-0.1, -0.05) is 37.3 Å². The summed E-state index contributed by atoms with van der Waals surface area (Å²) >= 11 is 0. The van der Waals surface area contributed by atoms with Crippen LogP contribution in [0.2, 0.25) is 0 Å². The molecule has 0 aliphatic heterocycles. The fourth-order valence-electron chi connectivity index (χ4n) is 2.48. The highest BCUT2D eigenvalue weighted by molar-refractivity contribution is 5.13. The van der Waals surface area contributed by atoms with Crippen LogP contribution in [0.4, 0.5) is 0 Å². The van der Waals surface area contributed by atoms with Crippen molar-refractivity contribution in [3.63, 3.8) is 0 Å². The smallest absolute Gasteiger partial charge is 0.244 e. The summed E-state index contributed by atoms with van der Waals surface area (Å²) in [5.41, 5.74) is 1.34. The fourth-order valence-corrected chi connectivity index (χ4v) is 2.48. The molecule has 0 bridgehead atoms. The Morgan fingerprint density at radius 1 is 1.21 bits per heavy atom. The first-order valence-electron chi connectivity index (χ1n) is 6.87. The van der Waals surface area contributed by atoms with Gasteiger partial charge in [0.05, 0.1) is 6.54 Å². The van der Waals surface area contributed by atoms with Crippen molar-refractivity contribution < 1.29 is 4.57 Å². The third-order valence-corrected chi connectivity index (χ3v) is 3.15. The molecule has 102 valence electrons. The van der Waals surface area contributed by atoms with Crippen LogP contribution in [-0.4, -0.2) is 30.1 Å². The zero-order chi connectivity index (χ0) is 13.7. The highest BCUT2D eigenvalue weighted by atomic mass is 15.1. The van der Waals surface area contributed by atoms with Gasteiger partial charge in [0.15, 0.2) is 0 Å². The molecule has 0 N–H and O–H groups in total. The second kappa shape index (κ2) is 6.53. The number of hydrogen-bond donors (Lipinski definition) is 0. The van der Waals surface area contributed by atoms with Gasteiger partial charge in [-0.2, -0.15) is 0 Å². The molecule has 3 nitrogen and oxygen atoms in total. The fraction of sp³-hybridized carbons (Fsp3) is 0.438. The highest BCUT2D eigenvalue weighted by Gasteiger charge is 2.10. The van der Waals surface area contributed by atoms with Gasteiger partial charge < -0.3 is 4.90 Å². The minimum Gasteiger partial charge on any atom is -0.309 e. The Balaban J connectivity index is 1.92. The summed E-state index contributed by atoms with van der Waals surface area (Å²) in [5, 5.41) is 0. The molecule has 0 aliphatic rings. The van der Waals surface area contributed by atoms with Crippen molar-refractivity contribution in [1.29, 1.82) is 0 Å². The first-order chi connectivity index (χ1) is 9.13. The van der Waals surface area contributed by atoms with Crippen LogP contribution in [0.5, 0.6) is 0 Å². The van der Waals surface area contributed by atoms with E-state index in [0.717, 1.165) is 19.6 Å². The number of aromatic nitrogens is 2. The van der Waals surface area contributed by atoms with Gasteiger partial charge in [0.25, 0.3) is 0 Å². The molecular formula is C16H24N3+. The average molecular weight is 258 g/mol. The van der Waals surface area contributed by atoms with Crippen molar-refractivity contribution in [3.8, 4) is 0 Å². The quantitative estimate of drug-likeness (QED) is 0.722. The van der Waals surface area contributed by atoms with Crippen LogP contribution in [0.25, 0.3) is 0 Å². The van der Waals surface area contributed by atoms with Crippen LogP contribution in [0.3, 0.4) is 0 Å². The molecule has 0 saturated heterocycles. The Bertz CT molecular complexity index is 488. The Hall–Kier alpha value is -1.61. The van der Waals surface area contributed by atoms with Crippen molar-refractivity contribution >= 4 is 0 Å². The number of rotatable bonds is 6. The van der Waals surface area contributed by atoms with E-state index in [1.165, 1.54) is 5.56 Å². The predicted molar refractivity (Wildman–Crippen MR) is 77.9 cm³/mol. The standard InChI is InChI=1S/C16H24N3/c1-15(11-17(2)3)12-18-9-10-19(14-18)13-16-7-5-4-6-8-16/h4-10,14-15H,11-13H2,1-3H3/q+1. The molecule has 3 heteroatoms. The van der Waals surface area contributed by atoms with Gasteiger partial charge in [-0.15, -0.1) is 0 Å². The monoisotopic (exact) mass is 258 g/mol. The number of benzene rings is 1. The Kier molecular flexibility index (Phi) is 4.74. The molecule has 2 rings (SSSR count). The van der Waals surface area contributed by atoms with Gasteiger partial charge in [-0.05, 0) is 19.7 Å². The summed E-state index contributed by atoms with van der Waals surface area (Å²) in [4.78, 5) is 2.24. The van der Waals surface area contributed by atoms with Crippen molar-refractivity contribution in [2.75, 3.05) is 20.6 Å². The third-order valence-electron chi connectivity index (χ3n) is 3.15. The SMILES string of the molecule is CC(CN(C)C)Cn1cc[n+](Cc2ccccc2)c1. The summed E-state index contributed by atoms with van der Waals surface area (Å²) in [6.07, 6.45) is 6.50. The lowest BCUT2D eigenvalue weighted by atomic mass is 10.2. The summed E-state index contributed by atoms with van der Waals surface area (Å²) in [6, 6.07) is 10.6. The van der Waals surface area contributed by atoms with E-state index in [4.69, 9.17) is 0 Å². The second-order valence-electron chi connectivity index (χ2n) is 5.64. The van der Waals surface area contributed by atoms with Gasteiger partial charge in [0.2, 0.25) is 6.33 Å². The third kappa shape index (κ3) is 4.52. The Morgan fingerprint density at radius 3 is 2.63 bits per heavy atom. The van der Waals surface area contributed by atoms with Gasteiger partial charge >= 0.3 is 0 Å². The van der Waals surface area contributed by atoms with Crippen LogP contribution in [0.1, 0.15) is 12.5 Å². The Labute approximate surface area is 116 Å². The normalized spacial score (nSPS) is 12.8. The second-order valence-corrected chi connectivity index (χ2v) is 5.64. The molecule has 0 saturated carbocycles. The molecule has 0 radical (unpaired) electrons. The maximum atomic E-state index is 2.29. The molecule has 1 aromatic heterocycles. The topological polar surface area (TPSA) is 12.1 Å².